The predicted octanol–water partition coefficient (Wildman–Crippen LogP) is 1.60. The summed E-state index contributed by atoms with van der Waals surface area (Å²) >= 11 is 0. The molecular formula is C14H21NO3. The third-order valence-electron chi connectivity index (χ3n) is 2.92. The minimum Gasteiger partial charge on any atom is -0.493 e. The van der Waals surface area contributed by atoms with E-state index in [2.05, 4.69) is 0 Å². The Morgan fingerprint density at radius 2 is 2.00 bits per heavy atom. The number of benzene rings is 1. The fourth-order valence-electron chi connectivity index (χ4n) is 1.44. The van der Waals surface area contributed by atoms with Crippen LogP contribution >= 0.6 is 0 Å². The fraction of sp³-hybridized carbons (Fsp3) is 0.500. The van der Waals surface area contributed by atoms with E-state index in [1.54, 1.807) is 18.9 Å². The van der Waals surface area contributed by atoms with Gasteiger partial charge in [0.05, 0.1) is 25.7 Å². The lowest BCUT2D eigenvalue weighted by Crippen LogP contribution is -2.37. The second-order valence-electron chi connectivity index (χ2n) is 4.45. The number of carbonyl (C=O) groups excluding carboxylic acids is 1. The molecule has 4 nitrogen and oxygen atoms in total. The predicted molar refractivity (Wildman–Crippen MR) is 70.6 cm³/mol. The van der Waals surface area contributed by atoms with Crippen LogP contribution in [0.25, 0.3) is 0 Å². The molecule has 100 valence electrons. The third-order valence-corrected chi connectivity index (χ3v) is 2.92. The lowest BCUT2D eigenvalue weighted by Gasteiger charge is -2.23. The number of amides is 1. The van der Waals surface area contributed by atoms with Gasteiger partial charge in [-0.25, -0.2) is 0 Å². The van der Waals surface area contributed by atoms with Gasteiger partial charge >= 0.3 is 0 Å². The molecule has 0 aliphatic rings. The Balaban J connectivity index is 2.33. The number of hydrogen-bond donors (Lipinski definition) is 1. The number of ether oxygens (including phenoxy) is 1. The molecule has 0 aliphatic carbocycles. The summed E-state index contributed by atoms with van der Waals surface area (Å²) in [7, 11) is 1.69. The van der Waals surface area contributed by atoms with Crippen LogP contribution in [0.1, 0.15) is 18.9 Å². The monoisotopic (exact) mass is 251 g/mol. The van der Waals surface area contributed by atoms with E-state index >= 15 is 0 Å². The Bertz CT molecular complexity index is 375. The first kappa shape index (κ1) is 14.5. The van der Waals surface area contributed by atoms with Crippen LogP contribution < -0.4 is 4.74 Å². The Hall–Kier alpha value is -1.55. The zero-order valence-electron chi connectivity index (χ0n) is 11.2. The summed E-state index contributed by atoms with van der Waals surface area (Å²) in [4.78, 5) is 13.3. The van der Waals surface area contributed by atoms with E-state index in [-0.39, 0.29) is 18.6 Å². The number of likely N-dealkylation sites (N-methyl/N-ethyl adjacent to an activating group) is 1. The molecule has 1 rings (SSSR count). The van der Waals surface area contributed by atoms with E-state index in [1.807, 2.05) is 31.2 Å². The normalized spacial score (nSPS) is 12.0. The van der Waals surface area contributed by atoms with Gasteiger partial charge in [-0.1, -0.05) is 17.7 Å². The average Bonchev–Trinajstić information content (AvgIpc) is 2.39. The molecule has 0 bridgehead atoms. The number of aliphatic hydroxyl groups excluding tert-OH is 1. The molecule has 0 aliphatic heterocycles. The number of carbonyl (C=O) groups is 1. The van der Waals surface area contributed by atoms with E-state index in [0.29, 0.717) is 13.0 Å². The number of nitrogens with zero attached hydrogens (tertiary/aromatic N) is 1. The van der Waals surface area contributed by atoms with Crippen LogP contribution in [0, 0.1) is 6.92 Å². The molecule has 0 spiro atoms. The molecule has 1 unspecified atom stereocenters. The molecule has 0 radical (unpaired) electrons. The highest BCUT2D eigenvalue weighted by atomic mass is 16.5. The molecule has 1 aromatic carbocycles. The van der Waals surface area contributed by atoms with Crippen LogP contribution in [0.15, 0.2) is 24.3 Å². The van der Waals surface area contributed by atoms with Crippen LogP contribution in [0.2, 0.25) is 0 Å². The first-order valence-corrected chi connectivity index (χ1v) is 6.10. The van der Waals surface area contributed by atoms with E-state index in [0.717, 1.165) is 5.75 Å². The number of aryl methyl sites for hydroxylation is 1. The van der Waals surface area contributed by atoms with Gasteiger partial charge in [-0.2, -0.15) is 0 Å². The van der Waals surface area contributed by atoms with Gasteiger partial charge < -0.3 is 14.7 Å². The highest BCUT2D eigenvalue weighted by Gasteiger charge is 2.14. The van der Waals surface area contributed by atoms with Crippen LogP contribution in [0.4, 0.5) is 0 Å². The molecule has 1 amide bonds. The second kappa shape index (κ2) is 7.01. The van der Waals surface area contributed by atoms with Crippen molar-refractivity contribution in [2.45, 2.75) is 26.3 Å². The van der Waals surface area contributed by atoms with Crippen LogP contribution in [-0.2, 0) is 4.79 Å². The molecule has 0 fully saturated rings. The van der Waals surface area contributed by atoms with Gasteiger partial charge in [-0.05, 0) is 26.0 Å². The topological polar surface area (TPSA) is 49.8 Å². The zero-order valence-corrected chi connectivity index (χ0v) is 11.2. The van der Waals surface area contributed by atoms with Crippen molar-refractivity contribution in [1.82, 2.24) is 4.90 Å². The zero-order chi connectivity index (χ0) is 13.5. The van der Waals surface area contributed by atoms with Crippen molar-refractivity contribution >= 4 is 5.91 Å². The van der Waals surface area contributed by atoms with Crippen LogP contribution in [0.5, 0.6) is 5.75 Å². The summed E-state index contributed by atoms with van der Waals surface area (Å²) in [6.45, 7) is 4.14. The number of rotatable bonds is 6. The molecule has 1 atom stereocenters. The summed E-state index contributed by atoms with van der Waals surface area (Å²) < 4.78 is 5.49. The fourth-order valence-corrected chi connectivity index (χ4v) is 1.44. The first-order valence-electron chi connectivity index (χ1n) is 6.10. The summed E-state index contributed by atoms with van der Waals surface area (Å²) in [6, 6.07) is 7.56. The summed E-state index contributed by atoms with van der Waals surface area (Å²) in [5, 5.41) is 8.96. The van der Waals surface area contributed by atoms with Crippen LogP contribution in [0.3, 0.4) is 0 Å². The van der Waals surface area contributed by atoms with Crippen LogP contribution in [-0.4, -0.2) is 42.2 Å². The standard InChI is InChI=1S/C14H21NO3/c1-11-4-6-13(7-5-11)18-9-8-14(17)15(3)12(2)10-16/h4-7,12,16H,8-10H2,1-3H3. The van der Waals surface area contributed by atoms with Crippen molar-refractivity contribution in [3.63, 3.8) is 0 Å². The molecule has 1 aromatic rings. The molecule has 18 heavy (non-hydrogen) atoms. The maximum atomic E-state index is 11.7. The van der Waals surface area contributed by atoms with Gasteiger partial charge in [0.15, 0.2) is 0 Å². The largest absolute Gasteiger partial charge is 0.493 e. The molecule has 4 heteroatoms. The summed E-state index contributed by atoms with van der Waals surface area (Å²) in [5.74, 6) is 0.745. The quantitative estimate of drug-likeness (QED) is 0.835. The second-order valence-corrected chi connectivity index (χ2v) is 4.45. The van der Waals surface area contributed by atoms with Crippen molar-refractivity contribution in [2.24, 2.45) is 0 Å². The third kappa shape index (κ3) is 4.37. The average molecular weight is 251 g/mol. The number of aliphatic hydroxyl groups is 1. The lowest BCUT2D eigenvalue weighted by atomic mass is 10.2. The Morgan fingerprint density at radius 1 is 1.39 bits per heavy atom. The number of hydrogen-bond acceptors (Lipinski definition) is 3. The van der Waals surface area contributed by atoms with Gasteiger partial charge in [-0.15, -0.1) is 0 Å². The van der Waals surface area contributed by atoms with Crippen molar-refractivity contribution in [3.05, 3.63) is 29.8 Å². The van der Waals surface area contributed by atoms with Crippen molar-refractivity contribution in [3.8, 4) is 5.75 Å². The van der Waals surface area contributed by atoms with Gasteiger partial charge in [-0.3, -0.25) is 4.79 Å². The molecule has 0 saturated carbocycles. The van der Waals surface area contributed by atoms with Crippen molar-refractivity contribution in [1.29, 1.82) is 0 Å². The first-order chi connectivity index (χ1) is 8.54. The van der Waals surface area contributed by atoms with E-state index < -0.39 is 0 Å². The van der Waals surface area contributed by atoms with Crippen molar-refractivity contribution < 1.29 is 14.6 Å². The maximum Gasteiger partial charge on any atom is 0.226 e. The molecule has 0 aromatic heterocycles. The van der Waals surface area contributed by atoms with Crippen molar-refractivity contribution in [2.75, 3.05) is 20.3 Å². The molecular weight excluding hydrogens is 230 g/mol. The van der Waals surface area contributed by atoms with E-state index in [4.69, 9.17) is 9.84 Å². The SMILES string of the molecule is Cc1ccc(OCCC(=O)N(C)C(C)CO)cc1. The summed E-state index contributed by atoms with van der Waals surface area (Å²) in [6.07, 6.45) is 0.314. The minimum absolute atomic E-state index is 0.0244. The lowest BCUT2D eigenvalue weighted by molar-refractivity contribution is -0.132. The summed E-state index contributed by atoms with van der Waals surface area (Å²) in [5.41, 5.74) is 1.18. The van der Waals surface area contributed by atoms with Gasteiger partial charge in [0.1, 0.15) is 5.75 Å². The van der Waals surface area contributed by atoms with Gasteiger partial charge in [0, 0.05) is 7.05 Å². The van der Waals surface area contributed by atoms with Gasteiger partial charge in [0.2, 0.25) is 5.91 Å². The van der Waals surface area contributed by atoms with E-state index in [1.165, 1.54) is 5.56 Å². The Morgan fingerprint density at radius 3 is 2.56 bits per heavy atom. The Kier molecular flexibility index (Phi) is 5.65. The van der Waals surface area contributed by atoms with E-state index in [9.17, 15) is 4.79 Å². The smallest absolute Gasteiger partial charge is 0.226 e. The highest BCUT2D eigenvalue weighted by molar-refractivity contribution is 5.76. The maximum absolute atomic E-state index is 11.7. The highest BCUT2D eigenvalue weighted by Crippen LogP contribution is 2.11. The minimum atomic E-state index is -0.156. The Labute approximate surface area is 108 Å². The molecule has 0 saturated heterocycles. The molecule has 1 N–H and O–H groups in total. The van der Waals surface area contributed by atoms with Gasteiger partial charge in [0.25, 0.3) is 0 Å². The molecule has 0 heterocycles.